The van der Waals surface area contributed by atoms with Gasteiger partial charge in [-0.05, 0) is 40.3 Å². The van der Waals surface area contributed by atoms with Gasteiger partial charge in [0.1, 0.15) is 17.9 Å². The molecule has 0 saturated carbocycles. The van der Waals surface area contributed by atoms with E-state index in [1.807, 2.05) is 34.9 Å². The monoisotopic (exact) mass is 404 g/mol. The maximum atomic E-state index is 11.6. The van der Waals surface area contributed by atoms with Gasteiger partial charge in [0.05, 0.1) is 0 Å². The van der Waals surface area contributed by atoms with E-state index in [4.69, 9.17) is 4.74 Å². The summed E-state index contributed by atoms with van der Waals surface area (Å²) in [7, 11) is 0. The van der Waals surface area contributed by atoms with Gasteiger partial charge in [0.2, 0.25) is 0 Å². The average molecular weight is 404 g/mol. The summed E-state index contributed by atoms with van der Waals surface area (Å²) in [4.78, 5) is 34.3. The molecule has 6 heteroatoms. The number of allylic oxidation sites excluding steroid dienone is 2. The van der Waals surface area contributed by atoms with Crippen molar-refractivity contribution in [3.05, 3.63) is 82.9 Å². The number of carbonyl (C=O) groups is 3. The number of urea groups is 1. The van der Waals surface area contributed by atoms with Crippen LogP contribution in [0.3, 0.4) is 0 Å². The smallest absolute Gasteiger partial charge is 0.328 e. The van der Waals surface area contributed by atoms with Crippen LogP contribution in [0.2, 0.25) is 0 Å². The van der Waals surface area contributed by atoms with Gasteiger partial charge in [-0.3, -0.25) is 20.2 Å². The minimum Gasteiger partial charge on any atom is -0.489 e. The maximum absolute atomic E-state index is 11.6. The Morgan fingerprint density at radius 3 is 2.03 bits per heavy atom. The zero-order valence-corrected chi connectivity index (χ0v) is 17.2. The number of imide groups is 2. The Morgan fingerprint density at radius 1 is 0.867 bits per heavy atom. The second-order valence-electron chi connectivity index (χ2n) is 7.98. The molecule has 2 N–H and O–H groups in total. The Balaban J connectivity index is 1.57. The van der Waals surface area contributed by atoms with Crippen molar-refractivity contribution in [3.63, 3.8) is 0 Å². The van der Waals surface area contributed by atoms with Crippen molar-refractivity contribution < 1.29 is 19.1 Å². The summed E-state index contributed by atoms with van der Waals surface area (Å²) in [6.07, 6.45) is 4.69. The van der Waals surface area contributed by atoms with Gasteiger partial charge in [0, 0.05) is 0 Å². The number of amides is 4. The van der Waals surface area contributed by atoms with E-state index in [0.29, 0.717) is 6.61 Å². The average Bonchev–Trinajstić information content (AvgIpc) is 2.69. The number of carbonyl (C=O) groups excluding carboxylic acids is 3. The van der Waals surface area contributed by atoms with Crippen molar-refractivity contribution >= 4 is 23.9 Å². The molecule has 6 nitrogen and oxygen atoms in total. The lowest BCUT2D eigenvalue weighted by Crippen LogP contribution is -2.51. The topological polar surface area (TPSA) is 84.5 Å². The highest BCUT2D eigenvalue weighted by Crippen LogP contribution is 2.23. The van der Waals surface area contributed by atoms with Crippen molar-refractivity contribution in [2.75, 3.05) is 0 Å². The molecule has 154 valence electrons. The van der Waals surface area contributed by atoms with Gasteiger partial charge in [0.25, 0.3) is 11.8 Å². The molecule has 0 aliphatic carbocycles. The molecule has 0 atom stereocenters. The molecule has 1 fully saturated rings. The molecule has 2 aromatic carbocycles. The Hall–Kier alpha value is -3.67. The van der Waals surface area contributed by atoms with Gasteiger partial charge in [-0.1, -0.05) is 69.3 Å². The van der Waals surface area contributed by atoms with Crippen LogP contribution in [0.4, 0.5) is 4.79 Å². The first kappa shape index (κ1) is 21.0. The summed E-state index contributed by atoms with van der Waals surface area (Å²) < 4.78 is 5.84. The van der Waals surface area contributed by atoms with E-state index in [0.717, 1.165) is 16.9 Å². The van der Waals surface area contributed by atoms with E-state index in [9.17, 15) is 14.4 Å². The van der Waals surface area contributed by atoms with Crippen LogP contribution in [-0.2, 0) is 21.6 Å². The lowest BCUT2D eigenvalue weighted by molar-refractivity contribution is -0.124. The fraction of sp³-hybridized carbons (Fsp3) is 0.208. The standard InChI is InChI=1S/C24H24N2O4/c1-24(2,3)18-11-7-17(8-12-18)15-30-19-13-9-16(10-14-19)5-4-6-20-21(27)25-23(29)26-22(20)28/h4-14H,15H2,1-3H3,(H2,25,26,27,28,29)/b5-4+. The first-order valence-electron chi connectivity index (χ1n) is 9.60. The van der Waals surface area contributed by atoms with Crippen LogP contribution in [0.5, 0.6) is 5.75 Å². The number of rotatable bonds is 5. The Kier molecular flexibility index (Phi) is 6.16. The third kappa shape index (κ3) is 5.44. The molecule has 2 aromatic rings. The van der Waals surface area contributed by atoms with Crippen molar-refractivity contribution in [2.45, 2.75) is 32.8 Å². The highest BCUT2D eigenvalue weighted by molar-refractivity contribution is 6.29. The Labute approximate surface area is 175 Å². The third-order valence-corrected chi connectivity index (χ3v) is 4.60. The van der Waals surface area contributed by atoms with Crippen LogP contribution >= 0.6 is 0 Å². The number of nitrogens with one attached hydrogen (secondary N) is 2. The second kappa shape index (κ2) is 8.78. The molecule has 3 rings (SSSR count). The van der Waals surface area contributed by atoms with E-state index < -0.39 is 17.8 Å². The summed E-state index contributed by atoms with van der Waals surface area (Å²) in [6.45, 7) is 7.04. The molecule has 0 unspecified atom stereocenters. The quantitative estimate of drug-likeness (QED) is 0.585. The minimum atomic E-state index is -0.813. The largest absolute Gasteiger partial charge is 0.489 e. The summed E-state index contributed by atoms with van der Waals surface area (Å²) in [6, 6.07) is 15.1. The van der Waals surface area contributed by atoms with Gasteiger partial charge in [0.15, 0.2) is 0 Å². The molecule has 1 heterocycles. The van der Waals surface area contributed by atoms with Crippen LogP contribution in [0.25, 0.3) is 6.08 Å². The lowest BCUT2D eigenvalue weighted by Gasteiger charge is -2.19. The summed E-state index contributed by atoms with van der Waals surface area (Å²) in [5.74, 6) is -0.685. The minimum absolute atomic E-state index is 0.122. The molecular weight excluding hydrogens is 380 g/mol. The van der Waals surface area contributed by atoms with Crippen LogP contribution < -0.4 is 15.4 Å². The highest BCUT2D eigenvalue weighted by atomic mass is 16.5. The van der Waals surface area contributed by atoms with Crippen LogP contribution in [0.15, 0.2) is 66.3 Å². The zero-order chi connectivity index (χ0) is 21.7. The van der Waals surface area contributed by atoms with E-state index >= 15 is 0 Å². The third-order valence-electron chi connectivity index (χ3n) is 4.60. The predicted molar refractivity (Wildman–Crippen MR) is 115 cm³/mol. The number of hydrogen-bond acceptors (Lipinski definition) is 4. The number of benzene rings is 2. The van der Waals surface area contributed by atoms with E-state index in [-0.39, 0.29) is 11.0 Å². The fourth-order valence-electron chi connectivity index (χ4n) is 2.82. The maximum Gasteiger partial charge on any atom is 0.328 e. The Bertz CT molecular complexity index is 989. The van der Waals surface area contributed by atoms with E-state index in [1.165, 1.54) is 11.6 Å². The summed E-state index contributed by atoms with van der Waals surface area (Å²) in [5.41, 5.74) is 3.26. The molecule has 30 heavy (non-hydrogen) atoms. The van der Waals surface area contributed by atoms with Gasteiger partial charge in [-0.2, -0.15) is 0 Å². The molecule has 4 amide bonds. The molecule has 0 bridgehead atoms. The lowest BCUT2D eigenvalue weighted by atomic mass is 9.87. The number of barbiturate groups is 1. The normalized spacial score (nSPS) is 14.5. The van der Waals surface area contributed by atoms with Crippen LogP contribution in [0, 0.1) is 0 Å². The van der Waals surface area contributed by atoms with Crippen molar-refractivity contribution in [2.24, 2.45) is 0 Å². The predicted octanol–water partition coefficient (Wildman–Crippen LogP) is 3.87. The van der Waals surface area contributed by atoms with Crippen LogP contribution in [0.1, 0.15) is 37.5 Å². The number of hydrogen-bond donors (Lipinski definition) is 2. The molecule has 0 spiro atoms. The summed E-state index contributed by atoms with van der Waals surface area (Å²) >= 11 is 0. The van der Waals surface area contributed by atoms with E-state index in [2.05, 4.69) is 45.0 Å². The number of ether oxygens (including phenoxy) is 1. The van der Waals surface area contributed by atoms with Crippen molar-refractivity contribution in [1.29, 1.82) is 0 Å². The molecule has 1 saturated heterocycles. The molecule has 0 radical (unpaired) electrons. The molecule has 1 aliphatic heterocycles. The SMILES string of the molecule is CC(C)(C)c1ccc(COc2ccc(/C=C/C=C3C(=O)NC(=O)NC3=O)cc2)cc1. The highest BCUT2D eigenvalue weighted by Gasteiger charge is 2.26. The fourth-order valence-corrected chi connectivity index (χ4v) is 2.82. The molecule has 1 aliphatic rings. The van der Waals surface area contributed by atoms with Crippen molar-refractivity contribution in [1.82, 2.24) is 10.6 Å². The van der Waals surface area contributed by atoms with E-state index in [1.54, 1.807) is 12.2 Å². The summed E-state index contributed by atoms with van der Waals surface area (Å²) in [5, 5.41) is 4.05. The molecular formula is C24H24N2O4. The van der Waals surface area contributed by atoms with Crippen molar-refractivity contribution in [3.8, 4) is 5.75 Å². The van der Waals surface area contributed by atoms with Gasteiger partial charge < -0.3 is 4.74 Å². The second-order valence-corrected chi connectivity index (χ2v) is 7.98. The first-order chi connectivity index (χ1) is 14.2. The first-order valence-corrected chi connectivity index (χ1v) is 9.60. The zero-order valence-electron chi connectivity index (χ0n) is 17.2. The van der Waals surface area contributed by atoms with Gasteiger partial charge >= 0.3 is 6.03 Å². The van der Waals surface area contributed by atoms with Gasteiger partial charge in [-0.25, -0.2) is 4.79 Å². The van der Waals surface area contributed by atoms with Crippen LogP contribution in [-0.4, -0.2) is 17.8 Å². The van der Waals surface area contributed by atoms with Gasteiger partial charge in [-0.15, -0.1) is 0 Å². The Morgan fingerprint density at radius 2 is 1.47 bits per heavy atom. The molecule has 0 aromatic heterocycles.